The lowest BCUT2D eigenvalue weighted by Gasteiger charge is -2.29. The summed E-state index contributed by atoms with van der Waals surface area (Å²) in [5.74, 6) is 1.33. The molecule has 0 radical (unpaired) electrons. The van der Waals surface area contributed by atoms with Crippen LogP contribution in [0.3, 0.4) is 0 Å². The summed E-state index contributed by atoms with van der Waals surface area (Å²) in [6.45, 7) is 1.99. The van der Waals surface area contributed by atoms with Gasteiger partial charge in [0, 0.05) is 55.3 Å². The van der Waals surface area contributed by atoms with E-state index in [2.05, 4.69) is 31.2 Å². The Morgan fingerprint density at radius 2 is 2.17 bits per heavy atom. The van der Waals surface area contributed by atoms with Gasteiger partial charge in [-0.2, -0.15) is 0 Å². The largest absolute Gasteiger partial charge is 0.396 e. The van der Waals surface area contributed by atoms with Crippen LogP contribution in [0.25, 0.3) is 0 Å². The number of aliphatic hydroxyl groups is 1. The average molecular weight is 326 g/mol. The Hall–Kier alpha value is -2.41. The molecule has 4 heterocycles. The van der Waals surface area contributed by atoms with Crippen LogP contribution in [0.1, 0.15) is 36.4 Å². The molecule has 2 aliphatic heterocycles. The van der Waals surface area contributed by atoms with Gasteiger partial charge in [-0.3, -0.25) is 0 Å². The Bertz CT molecular complexity index is 737. The van der Waals surface area contributed by atoms with Crippen molar-refractivity contribution in [2.45, 2.75) is 31.2 Å². The molecule has 24 heavy (non-hydrogen) atoms. The quantitative estimate of drug-likeness (QED) is 0.780. The van der Waals surface area contributed by atoms with E-state index in [9.17, 15) is 5.11 Å². The summed E-state index contributed by atoms with van der Waals surface area (Å²) in [6, 6.07) is 4.39. The van der Waals surface area contributed by atoms with Gasteiger partial charge in [0.05, 0.1) is 5.69 Å². The van der Waals surface area contributed by atoms with Crippen molar-refractivity contribution in [3.05, 3.63) is 35.8 Å². The summed E-state index contributed by atoms with van der Waals surface area (Å²) in [6.07, 6.45) is 6.63. The second-order valence-corrected chi connectivity index (χ2v) is 6.37. The van der Waals surface area contributed by atoms with Gasteiger partial charge in [0.1, 0.15) is 5.82 Å². The van der Waals surface area contributed by atoms with Crippen molar-refractivity contribution in [2.75, 3.05) is 35.6 Å². The second kappa shape index (κ2) is 6.24. The van der Waals surface area contributed by atoms with E-state index in [0.29, 0.717) is 12.0 Å². The number of aromatic nitrogens is 3. The van der Waals surface area contributed by atoms with Crippen LogP contribution in [0.4, 0.5) is 17.5 Å². The van der Waals surface area contributed by atoms with Crippen LogP contribution < -0.4 is 16.0 Å². The number of hydrogen-bond donors (Lipinski definition) is 3. The summed E-state index contributed by atoms with van der Waals surface area (Å²) in [4.78, 5) is 15.3. The fourth-order valence-electron chi connectivity index (χ4n) is 3.94. The van der Waals surface area contributed by atoms with Crippen LogP contribution in [0.15, 0.2) is 24.5 Å². The van der Waals surface area contributed by atoms with Gasteiger partial charge >= 0.3 is 0 Å². The minimum absolute atomic E-state index is 0.115. The molecule has 126 valence electrons. The molecule has 7 heteroatoms. The molecule has 1 unspecified atom stereocenters. The number of aliphatic hydroxyl groups excluding tert-OH is 1. The van der Waals surface area contributed by atoms with Crippen LogP contribution in [-0.2, 0) is 0 Å². The lowest BCUT2D eigenvalue weighted by Crippen LogP contribution is -2.31. The summed E-state index contributed by atoms with van der Waals surface area (Å²) in [5.41, 5.74) is 9.07. The third kappa shape index (κ3) is 2.54. The van der Waals surface area contributed by atoms with Crippen molar-refractivity contribution < 1.29 is 5.11 Å². The van der Waals surface area contributed by atoms with Gasteiger partial charge in [-0.1, -0.05) is 0 Å². The van der Waals surface area contributed by atoms with Gasteiger partial charge in [0.2, 0.25) is 5.95 Å². The zero-order valence-corrected chi connectivity index (χ0v) is 13.5. The van der Waals surface area contributed by atoms with Gasteiger partial charge < -0.3 is 21.1 Å². The van der Waals surface area contributed by atoms with Crippen LogP contribution in [0.5, 0.6) is 0 Å². The van der Waals surface area contributed by atoms with Crippen molar-refractivity contribution in [2.24, 2.45) is 0 Å². The molecule has 2 atom stereocenters. The predicted octanol–water partition coefficient (Wildman–Crippen LogP) is 1.36. The number of fused-ring (bicyclic) bond motifs is 1. The highest BCUT2D eigenvalue weighted by atomic mass is 16.3. The normalized spacial score (nSPS) is 22.5. The number of nitrogen functional groups attached to an aromatic ring is 1. The van der Waals surface area contributed by atoms with E-state index >= 15 is 0 Å². The molecule has 4 N–H and O–H groups in total. The lowest BCUT2D eigenvalue weighted by atomic mass is 9.96. The molecular formula is C17H22N6O. The molecule has 1 fully saturated rings. The Kier molecular flexibility index (Phi) is 3.93. The molecule has 7 nitrogen and oxygen atoms in total. The zero-order chi connectivity index (χ0) is 16.5. The Balaban J connectivity index is 1.75. The van der Waals surface area contributed by atoms with Gasteiger partial charge in [0.25, 0.3) is 0 Å². The van der Waals surface area contributed by atoms with Crippen LogP contribution >= 0.6 is 0 Å². The van der Waals surface area contributed by atoms with E-state index in [1.165, 1.54) is 11.3 Å². The fraction of sp³-hybridized carbons (Fsp3) is 0.471. The molecule has 0 aromatic carbocycles. The molecular weight excluding hydrogens is 304 g/mol. The summed E-state index contributed by atoms with van der Waals surface area (Å²) >= 11 is 0. The molecule has 0 amide bonds. The molecule has 0 spiro atoms. The number of hydrogen-bond acceptors (Lipinski definition) is 7. The minimum Gasteiger partial charge on any atom is -0.396 e. The highest BCUT2D eigenvalue weighted by molar-refractivity contribution is 5.70. The van der Waals surface area contributed by atoms with Gasteiger partial charge in [-0.15, -0.1) is 0 Å². The molecule has 4 rings (SSSR count). The number of anilines is 3. The molecule has 1 saturated heterocycles. The molecule has 2 aliphatic rings. The van der Waals surface area contributed by atoms with Crippen molar-refractivity contribution in [3.8, 4) is 0 Å². The maximum atomic E-state index is 9.36. The molecule has 0 aliphatic carbocycles. The highest BCUT2D eigenvalue weighted by Crippen LogP contribution is 2.42. The highest BCUT2D eigenvalue weighted by Gasteiger charge is 2.34. The molecule has 0 saturated carbocycles. The first kappa shape index (κ1) is 15.1. The van der Waals surface area contributed by atoms with Crippen LogP contribution in [0, 0.1) is 0 Å². The maximum Gasteiger partial charge on any atom is 0.220 e. The lowest BCUT2D eigenvalue weighted by molar-refractivity contribution is 0.276. The standard InChI is InChI=1S/C17H22N6O/c18-17-20-6-3-13(22-17)12-10-21-16-15(12)14(4-7-19-16)23-8-1-2-11(23)5-9-24/h3-4,6-7,11-12,24H,1-2,5,8-10H2,(H,19,21)(H2,18,20,22)/t11-,12?/m0/s1. The SMILES string of the molecule is Nc1nccc(C2CNc3nccc(N4CCC[C@H]4CCO)c32)n1. The van der Waals surface area contributed by atoms with E-state index < -0.39 is 0 Å². The third-order valence-electron chi connectivity index (χ3n) is 4.99. The topological polar surface area (TPSA) is 100 Å². The fourth-order valence-corrected chi connectivity index (χ4v) is 3.94. The van der Waals surface area contributed by atoms with E-state index in [0.717, 1.165) is 43.9 Å². The predicted molar refractivity (Wildman–Crippen MR) is 93.1 cm³/mol. The van der Waals surface area contributed by atoms with E-state index in [-0.39, 0.29) is 12.5 Å². The minimum atomic E-state index is 0.115. The van der Waals surface area contributed by atoms with Crippen LogP contribution in [0.2, 0.25) is 0 Å². The Labute approximate surface area is 140 Å². The zero-order valence-electron chi connectivity index (χ0n) is 13.5. The van der Waals surface area contributed by atoms with Gasteiger partial charge in [-0.05, 0) is 31.4 Å². The number of rotatable bonds is 4. The molecule has 2 aromatic rings. The van der Waals surface area contributed by atoms with Crippen molar-refractivity contribution in [1.82, 2.24) is 15.0 Å². The summed E-state index contributed by atoms with van der Waals surface area (Å²) < 4.78 is 0. The number of pyridine rings is 1. The maximum absolute atomic E-state index is 9.36. The van der Waals surface area contributed by atoms with Gasteiger partial charge in [-0.25, -0.2) is 15.0 Å². The third-order valence-corrected chi connectivity index (χ3v) is 4.99. The smallest absolute Gasteiger partial charge is 0.220 e. The first-order valence-electron chi connectivity index (χ1n) is 8.46. The molecule has 2 aromatic heterocycles. The van der Waals surface area contributed by atoms with Crippen LogP contribution in [-0.4, -0.2) is 45.8 Å². The Morgan fingerprint density at radius 3 is 3.00 bits per heavy atom. The number of nitrogens with one attached hydrogen (secondary N) is 1. The number of nitrogens with zero attached hydrogens (tertiary/aromatic N) is 4. The van der Waals surface area contributed by atoms with Crippen molar-refractivity contribution >= 4 is 17.5 Å². The van der Waals surface area contributed by atoms with Gasteiger partial charge in [0.15, 0.2) is 0 Å². The first-order valence-corrected chi connectivity index (χ1v) is 8.46. The Morgan fingerprint density at radius 1 is 1.29 bits per heavy atom. The summed E-state index contributed by atoms with van der Waals surface area (Å²) in [5, 5.41) is 12.8. The van der Waals surface area contributed by atoms with E-state index in [4.69, 9.17) is 5.73 Å². The summed E-state index contributed by atoms with van der Waals surface area (Å²) in [7, 11) is 0. The monoisotopic (exact) mass is 326 g/mol. The average Bonchev–Trinajstić information content (AvgIpc) is 3.21. The second-order valence-electron chi connectivity index (χ2n) is 6.37. The first-order chi connectivity index (χ1) is 11.8. The van der Waals surface area contributed by atoms with Crippen molar-refractivity contribution in [1.29, 1.82) is 0 Å². The van der Waals surface area contributed by atoms with E-state index in [1.54, 1.807) is 6.20 Å². The van der Waals surface area contributed by atoms with E-state index in [1.807, 2.05) is 12.3 Å². The van der Waals surface area contributed by atoms with Crippen molar-refractivity contribution in [3.63, 3.8) is 0 Å². The number of nitrogens with two attached hydrogens (primary N) is 1. The molecule has 0 bridgehead atoms.